The Bertz CT molecular complexity index is 1150. The van der Waals surface area contributed by atoms with Gasteiger partial charge in [0.1, 0.15) is 0 Å². The molecule has 1 aliphatic heterocycles. The van der Waals surface area contributed by atoms with E-state index in [9.17, 15) is 9.59 Å². The molecule has 1 aromatic heterocycles. The molecule has 5 rings (SSSR count). The Balaban J connectivity index is 1.33. The molecule has 0 bridgehead atoms. The van der Waals surface area contributed by atoms with Gasteiger partial charge in [0.15, 0.2) is 11.5 Å². The fraction of sp³-hybridized carbons (Fsp3) is 0.304. The molecule has 2 aliphatic rings. The van der Waals surface area contributed by atoms with Crippen LogP contribution in [-0.4, -0.2) is 30.3 Å². The van der Waals surface area contributed by atoms with Crippen molar-refractivity contribution < 1.29 is 23.8 Å². The summed E-state index contributed by atoms with van der Waals surface area (Å²) in [6.45, 7) is 2.36. The minimum Gasteiger partial charge on any atom is -0.466 e. The van der Waals surface area contributed by atoms with Crippen LogP contribution in [0.15, 0.2) is 42.5 Å². The third-order valence-electron chi connectivity index (χ3n) is 5.68. The molecule has 1 fully saturated rings. The number of carbonyl (C=O) groups excluding carboxylic acids is 2. The van der Waals surface area contributed by atoms with Crippen LogP contribution in [0.25, 0.3) is 10.9 Å². The van der Waals surface area contributed by atoms with Crippen LogP contribution in [0.3, 0.4) is 0 Å². The topological polar surface area (TPSA) is 89.7 Å². The first-order valence-electron chi connectivity index (χ1n) is 10.1. The van der Waals surface area contributed by atoms with Gasteiger partial charge in [0.2, 0.25) is 12.7 Å². The van der Waals surface area contributed by atoms with Crippen LogP contribution in [0.5, 0.6) is 11.5 Å². The van der Waals surface area contributed by atoms with Crippen molar-refractivity contribution >= 4 is 28.5 Å². The lowest BCUT2D eigenvalue weighted by atomic mass is 9.94. The number of ether oxygens (including phenoxy) is 3. The Morgan fingerprint density at radius 2 is 1.93 bits per heavy atom. The van der Waals surface area contributed by atoms with Gasteiger partial charge in [0.25, 0.3) is 0 Å². The first-order chi connectivity index (χ1) is 14.6. The molecule has 7 heteroatoms. The third-order valence-corrected chi connectivity index (χ3v) is 5.68. The summed E-state index contributed by atoms with van der Waals surface area (Å²) in [5, 5.41) is 3.99. The Labute approximate surface area is 173 Å². The highest BCUT2D eigenvalue weighted by Crippen LogP contribution is 2.51. The predicted octanol–water partition coefficient (Wildman–Crippen LogP) is 3.67. The molecule has 0 unspecified atom stereocenters. The highest BCUT2D eigenvalue weighted by Gasteiger charge is 2.51. The van der Waals surface area contributed by atoms with Gasteiger partial charge >= 0.3 is 5.97 Å². The lowest BCUT2D eigenvalue weighted by Crippen LogP contribution is -2.27. The van der Waals surface area contributed by atoms with Crippen molar-refractivity contribution in [2.24, 2.45) is 0 Å². The van der Waals surface area contributed by atoms with Crippen molar-refractivity contribution in [2.75, 3.05) is 18.7 Å². The summed E-state index contributed by atoms with van der Waals surface area (Å²) in [6, 6.07) is 13.3. The summed E-state index contributed by atoms with van der Waals surface area (Å²) < 4.78 is 15.8. The number of carbonyl (C=O) groups is 2. The maximum Gasteiger partial charge on any atom is 0.311 e. The van der Waals surface area contributed by atoms with E-state index in [-0.39, 0.29) is 25.1 Å². The van der Waals surface area contributed by atoms with Crippen molar-refractivity contribution in [3.63, 3.8) is 0 Å². The fourth-order valence-corrected chi connectivity index (χ4v) is 3.95. The first kappa shape index (κ1) is 18.5. The van der Waals surface area contributed by atoms with E-state index in [1.165, 1.54) is 0 Å². The fourth-order valence-electron chi connectivity index (χ4n) is 3.95. The number of nitrogens with one attached hydrogen (secondary N) is 2. The number of H-pyrrole nitrogens is 1. The van der Waals surface area contributed by atoms with E-state index in [0.29, 0.717) is 18.1 Å². The summed E-state index contributed by atoms with van der Waals surface area (Å²) in [5.74, 6) is 1.11. The molecule has 7 nitrogen and oxygen atoms in total. The predicted molar refractivity (Wildman–Crippen MR) is 111 cm³/mol. The molecule has 30 heavy (non-hydrogen) atoms. The second-order valence-electron chi connectivity index (χ2n) is 7.68. The molecule has 0 radical (unpaired) electrons. The highest BCUT2D eigenvalue weighted by atomic mass is 16.7. The van der Waals surface area contributed by atoms with Gasteiger partial charge in [-0.2, -0.15) is 0 Å². The molecular weight excluding hydrogens is 384 g/mol. The summed E-state index contributed by atoms with van der Waals surface area (Å²) >= 11 is 0. The van der Waals surface area contributed by atoms with Crippen LogP contribution in [0.4, 0.5) is 5.69 Å². The van der Waals surface area contributed by atoms with Crippen LogP contribution < -0.4 is 14.8 Å². The molecule has 0 saturated heterocycles. The van der Waals surface area contributed by atoms with E-state index < -0.39 is 5.41 Å². The molecule has 3 aromatic rings. The number of esters is 1. The quantitative estimate of drug-likeness (QED) is 0.610. The zero-order valence-corrected chi connectivity index (χ0v) is 16.6. The number of rotatable bonds is 6. The molecular formula is C23H22N2O5. The van der Waals surface area contributed by atoms with Gasteiger partial charge in [-0.25, -0.2) is 0 Å². The Kier molecular flexibility index (Phi) is 4.38. The van der Waals surface area contributed by atoms with Crippen LogP contribution >= 0.6 is 0 Å². The summed E-state index contributed by atoms with van der Waals surface area (Å²) in [7, 11) is 0. The van der Waals surface area contributed by atoms with Crippen LogP contribution in [0.2, 0.25) is 0 Å². The average Bonchev–Trinajstić information content (AvgIpc) is 3.24. The van der Waals surface area contributed by atoms with Crippen molar-refractivity contribution in [3.05, 3.63) is 53.7 Å². The second-order valence-corrected chi connectivity index (χ2v) is 7.68. The number of amides is 1. The molecule has 154 valence electrons. The largest absolute Gasteiger partial charge is 0.466 e. The zero-order chi connectivity index (χ0) is 20.7. The molecule has 2 aromatic carbocycles. The SMILES string of the molecule is CCOC(=O)Cc1cc2cc(NC(=O)C3(c4ccc5c(c4)OCO5)CC3)ccc2[nH]1. The zero-order valence-electron chi connectivity index (χ0n) is 16.6. The molecule has 1 aliphatic carbocycles. The molecule has 1 amide bonds. The molecule has 1 saturated carbocycles. The van der Waals surface area contributed by atoms with Crippen LogP contribution in [-0.2, 0) is 26.2 Å². The normalized spacial score (nSPS) is 15.8. The standard InChI is InChI=1S/C23H22N2O5/c1-2-28-21(26)12-17-10-14-9-16(4-5-18(14)24-17)25-22(27)23(7-8-23)15-3-6-19-20(11-15)30-13-29-19/h3-6,9-11,24H,2,7-8,12-13H2,1H3,(H,25,27). The van der Waals surface area contributed by atoms with E-state index >= 15 is 0 Å². The van der Waals surface area contributed by atoms with Crippen molar-refractivity contribution in [1.82, 2.24) is 4.98 Å². The molecule has 0 spiro atoms. The van der Waals surface area contributed by atoms with Crippen LogP contribution in [0, 0.1) is 0 Å². The van der Waals surface area contributed by atoms with Gasteiger partial charge in [-0.3, -0.25) is 9.59 Å². The molecule has 2 heterocycles. The van der Waals surface area contributed by atoms with E-state index in [1.54, 1.807) is 6.92 Å². The van der Waals surface area contributed by atoms with Crippen molar-refractivity contribution in [1.29, 1.82) is 0 Å². The van der Waals surface area contributed by atoms with E-state index in [2.05, 4.69) is 10.3 Å². The minimum absolute atomic E-state index is 0.0250. The third kappa shape index (κ3) is 3.26. The smallest absolute Gasteiger partial charge is 0.311 e. The molecule has 0 atom stereocenters. The van der Waals surface area contributed by atoms with Gasteiger partial charge in [-0.15, -0.1) is 0 Å². The Morgan fingerprint density at radius 1 is 1.10 bits per heavy atom. The van der Waals surface area contributed by atoms with Crippen LogP contribution in [0.1, 0.15) is 31.0 Å². The van der Waals surface area contributed by atoms with Gasteiger partial charge in [0, 0.05) is 22.3 Å². The second kappa shape index (κ2) is 7.09. The van der Waals surface area contributed by atoms with E-state index in [0.717, 1.165) is 40.7 Å². The van der Waals surface area contributed by atoms with Crippen molar-refractivity contribution in [3.8, 4) is 11.5 Å². The first-order valence-corrected chi connectivity index (χ1v) is 10.1. The van der Waals surface area contributed by atoms with Gasteiger partial charge in [-0.05, 0) is 61.7 Å². The maximum atomic E-state index is 13.1. The molecule has 2 N–H and O–H groups in total. The number of fused-ring (bicyclic) bond motifs is 2. The van der Waals surface area contributed by atoms with E-state index in [1.807, 2.05) is 42.5 Å². The minimum atomic E-state index is -0.525. The number of hydrogen-bond donors (Lipinski definition) is 2. The number of aromatic nitrogens is 1. The van der Waals surface area contributed by atoms with Gasteiger partial charge < -0.3 is 24.5 Å². The number of anilines is 1. The number of hydrogen-bond acceptors (Lipinski definition) is 5. The van der Waals surface area contributed by atoms with E-state index in [4.69, 9.17) is 14.2 Å². The number of aromatic amines is 1. The Hall–Kier alpha value is -3.48. The number of benzene rings is 2. The summed E-state index contributed by atoms with van der Waals surface area (Å²) in [5.41, 5.74) is 2.84. The van der Waals surface area contributed by atoms with Gasteiger partial charge in [0.05, 0.1) is 18.4 Å². The maximum absolute atomic E-state index is 13.1. The monoisotopic (exact) mass is 406 g/mol. The van der Waals surface area contributed by atoms with Gasteiger partial charge in [-0.1, -0.05) is 6.07 Å². The van der Waals surface area contributed by atoms with Crippen molar-refractivity contribution in [2.45, 2.75) is 31.6 Å². The highest BCUT2D eigenvalue weighted by molar-refractivity contribution is 6.02. The average molecular weight is 406 g/mol. The summed E-state index contributed by atoms with van der Waals surface area (Å²) in [6.07, 6.45) is 1.79. The lowest BCUT2D eigenvalue weighted by molar-refractivity contribution is -0.142. The summed E-state index contributed by atoms with van der Waals surface area (Å²) in [4.78, 5) is 28.0. The lowest BCUT2D eigenvalue weighted by Gasteiger charge is -2.16. The Morgan fingerprint density at radius 3 is 2.73 bits per heavy atom.